The molecular weight excluding hydrogens is 260 g/mol. The van der Waals surface area contributed by atoms with E-state index in [2.05, 4.69) is 58.3 Å². The smallest absolute Gasteiger partial charge is 0.111 e. The van der Waals surface area contributed by atoms with Crippen molar-refractivity contribution in [2.75, 3.05) is 6.61 Å². The lowest BCUT2D eigenvalue weighted by Gasteiger charge is -2.24. The molecule has 0 spiro atoms. The van der Waals surface area contributed by atoms with Gasteiger partial charge >= 0.3 is 0 Å². The van der Waals surface area contributed by atoms with Gasteiger partial charge in [0.1, 0.15) is 5.76 Å². The van der Waals surface area contributed by atoms with Crippen LogP contribution < -0.4 is 11.3 Å². The summed E-state index contributed by atoms with van der Waals surface area (Å²) in [6.07, 6.45) is 3.98. The molecule has 21 heavy (non-hydrogen) atoms. The van der Waals surface area contributed by atoms with Gasteiger partial charge in [-0.25, -0.2) is 5.43 Å². The Labute approximate surface area is 128 Å². The molecule has 0 fully saturated rings. The van der Waals surface area contributed by atoms with Crippen molar-refractivity contribution in [1.29, 1.82) is 0 Å². The summed E-state index contributed by atoms with van der Waals surface area (Å²) < 4.78 is 5.65. The van der Waals surface area contributed by atoms with E-state index in [-0.39, 0.29) is 11.5 Å². The van der Waals surface area contributed by atoms with Crippen molar-refractivity contribution in [3.05, 3.63) is 46.2 Å². The fourth-order valence-electron chi connectivity index (χ4n) is 2.87. The van der Waals surface area contributed by atoms with Gasteiger partial charge in [-0.2, -0.15) is 0 Å². The Morgan fingerprint density at radius 3 is 2.29 bits per heavy atom. The van der Waals surface area contributed by atoms with Crippen LogP contribution >= 0.6 is 0 Å². The van der Waals surface area contributed by atoms with Crippen molar-refractivity contribution in [3.63, 3.8) is 0 Å². The van der Waals surface area contributed by atoms with Gasteiger partial charge in [0.15, 0.2) is 0 Å². The first kappa shape index (κ1) is 16.1. The quantitative estimate of drug-likeness (QED) is 0.660. The van der Waals surface area contributed by atoms with E-state index in [1.165, 1.54) is 22.3 Å². The molecule has 0 saturated carbocycles. The second kappa shape index (κ2) is 6.20. The molecule has 3 nitrogen and oxygen atoms in total. The summed E-state index contributed by atoms with van der Waals surface area (Å²) in [6.45, 7) is 11.9. The van der Waals surface area contributed by atoms with Gasteiger partial charge < -0.3 is 4.74 Å². The van der Waals surface area contributed by atoms with Crippen LogP contribution in [0.3, 0.4) is 0 Å². The van der Waals surface area contributed by atoms with Crippen molar-refractivity contribution in [2.45, 2.75) is 58.9 Å². The standard InChI is InChI=1S/C18H28N2O/c1-12-9-14(18(3,4)5)10-13(2)15(12)11-16(20-19)17-7-6-8-21-17/h7,9-10,16,20H,6,8,11,19H2,1-5H3. The average Bonchev–Trinajstić information content (AvgIpc) is 2.90. The van der Waals surface area contributed by atoms with Crippen molar-refractivity contribution >= 4 is 0 Å². The number of nitrogens with one attached hydrogen (secondary N) is 1. The van der Waals surface area contributed by atoms with E-state index in [1.807, 2.05) is 0 Å². The fourth-order valence-corrected chi connectivity index (χ4v) is 2.87. The lowest BCUT2D eigenvalue weighted by molar-refractivity contribution is 0.214. The van der Waals surface area contributed by atoms with Crippen LogP contribution in [0.25, 0.3) is 0 Å². The van der Waals surface area contributed by atoms with Crippen molar-refractivity contribution in [1.82, 2.24) is 5.43 Å². The highest BCUT2D eigenvalue weighted by molar-refractivity contribution is 5.41. The number of hydrogen-bond donors (Lipinski definition) is 2. The lowest BCUT2D eigenvalue weighted by atomic mass is 9.83. The number of nitrogens with two attached hydrogens (primary N) is 1. The number of hydrogen-bond acceptors (Lipinski definition) is 3. The normalized spacial score (nSPS) is 16.6. The zero-order valence-electron chi connectivity index (χ0n) is 13.9. The molecule has 0 radical (unpaired) electrons. The number of rotatable bonds is 4. The molecule has 0 bridgehead atoms. The first-order valence-corrected chi connectivity index (χ1v) is 7.72. The van der Waals surface area contributed by atoms with Crippen LogP contribution in [-0.2, 0) is 16.6 Å². The van der Waals surface area contributed by atoms with Gasteiger partial charge in [-0.3, -0.25) is 5.84 Å². The monoisotopic (exact) mass is 288 g/mol. The van der Waals surface area contributed by atoms with E-state index in [4.69, 9.17) is 10.6 Å². The summed E-state index contributed by atoms with van der Waals surface area (Å²) in [6, 6.07) is 4.67. The number of aryl methyl sites for hydroxylation is 2. The van der Waals surface area contributed by atoms with Crippen LogP contribution in [0.1, 0.15) is 49.4 Å². The minimum absolute atomic E-state index is 0.0605. The van der Waals surface area contributed by atoms with Crippen molar-refractivity contribution in [3.8, 4) is 0 Å². The Kier molecular flexibility index (Phi) is 4.74. The Bertz CT molecular complexity index is 518. The lowest BCUT2D eigenvalue weighted by Crippen LogP contribution is -2.38. The first-order valence-electron chi connectivity index (χ1n) is 7.72. The molecule has 1 atom stereocenters. The van der Waals surface area contributed by atoms with Gasteiger partial charge in [-0.1, -0.05) is 32.9 Å². The van der Waals surface area contributed by atoms with Crippen molar-refractivity contribution in [2.24, 2.45) is 5.84 Å². The molecule has 1 aromatic carbocycles. The Morgan fingerprint density at radius 2 is 1.86 bits per heavy atom. The van der Waals surface area contributed by atoms with E-state index in [9.17, 15) is 0 Å². The molecule has 1 heterocycles. The van der Waals surface area contributed by atoms with Gasteiger partial charge in [-0.15, -0.1) is 0 Å². The Morgan fingerprint density at radius 1 is 1.24 bits per heavy atom. The maximum absolute atomic E-state index is 5.73. The van der Waals surface area contributed by atoms with Gasteiger partial charge in [0, 0.05) is 6.42 Å². The Hall–Kier alpha value is -1.32. The summed E-state index contributed by atoms with van der Waals surface area (Å²) in [5, 5.41) is 0. The first-order chi connectivity index (χ1) is 9.82. The minimum Gasteiger partial charge on any atom is -0.496 e. The molecule has 116 valence electrons. The molecule has 1 unspecified atom stereocenters. The second-order valence-corrected chi connectivity index (χ2v) is 7.01. The van der Waals surface area contributed by atoms with Gasteiger partial charge in [-0.05, 0) is 54.0 Å². The number of ether oxygens (including phenoxy) is 1. The largest absolute Gasteiger partial charge is 0.496 e. The molecule has 1 aliphatic rings. The molecule has 0 amide bonds. The maximum Gasteiger partial charge on any atom is 0.111 e. The molecule has 0 aromatic heterocycles. The molecule has 3 heteroatoms. The topological polar surface area (TPSA) is 47.3 Å². The molecule has 0 aliphatic carbocycles. The predicted octanol–water partition coefficient (Wildman–Crippen LogP) is 3.28. The average molecular weight is 288 g/mol. The Balaban J connectivity index is 2.27. The molecule has 2 rings (SSSR count). The fraction of sp³-hybridized carbons (Fsp3) is 0.556. The molecule has 0 saturated heterocycles. The van der Waals surface area contributed by atoms with Gasteiger partial charge in [0.2, 0.25) is 0 Å². The van der Waals surface area contributed by atoms with Crippen LogP contribution in [0, 0.1) is 13.8 Å². The number of benzene rings is 1. The minimum atomic E-state index is 0.0605. The molecule has 1 aromatic rings. The van der Waals surface area contributed by atoms with E-state index >= 15 is 0 Å². The van der Waals surface area contributed by atoms with Gasteiger partial charge in [0.25, 0.3) is 0 Å². The predicted molar refractivity (Wildman–Crippen MR) is 88.1 cm³/mol. The highest BCUT2D eigenvalue weighted by Crippen LogP contribution is 2.28. The van der Waals surface area contributed by atoms with Crippen LogP contribution in [0.4, 0.5) is 0 Å². The third-order valence-electron chi connectivity index (χ3n) is 4.25. The summed E-state index contributed by atoms with van der Waals surface area (Å²) in [5.74, 6) is 6.71. The highest BCUT2D eigenvalue weighted by Gasteiger charge is 2.21. The van der Waals surface area contributed by atoms with E-state index in [0.29, 0.717) is 0 Å². The third-order valence-corrected chi connectivity index (χ3v) is 4.25. The molecular formula is C18H28N2O. The number of hydrazine groups is 1. The second-order valence-electron chi connectivity index (χ2n) is 7.01. The summed E-state index contributed by atoms with van der Waals surface area (Å²) >= 11 is 0. The zero-order chi connectivity index (χ0) is 15.6. The van der Waals surface area contributed by atoms with Crippen LogP contribution in [0.2, 0.25) is 0 Å². The SMILES string of the molecule is Cc1cc(C(C)(C)C)cc(C)c1CC(NN)C1=CCCO1. The molecule has 1 aliphatic heterocycles. The molecule has 3 N–H and O–H groups in total. The van der Waals surface area contributed by atoms with E-state index in [0.717, 1.165) is 25.2 Å². The zero-order valence-corrected chi connectivity index (χ0v) is 13.9. The van der Waals surface area contributed by atoms with Crippen LogP contribution in [0.5, 0.6) is 0 Å². The summed E-state index contributed by atoms with van der Waals surface area (Å²) in [5.41, 5.74) is 8.49. The maximum atomic E-state index is 5.73. The summed E-state index contributed by atoms with van der Waals surface area (Å²) in [7, 11) is 0. The highest BCUT2D eigenvalue weighted by atomic mass is 16.5. The van der Waals surface area contributed by atoms with E-state index in [1.54, 1.807) is 0 Å². The van der Waals surface area contributed by atoms with E-state index < -0.39 is 0 Å². The third kappa shape index (κ3) is 3.66. The summed E-state index contributed by atoms with van der Waals surface area (Å²) in [4.78, 5) is 0. The van der Waals surface area contributed by atoms with Crippen LogP contribution in [-0.4, -0.2) is 12.6 Å². The van der Waals surface area contributed by atoms with Crippen LogP contribution in [0.15, 0.2) is 24.0 Å². The van der Waals surface area contributed by atoms with Crippen molar-refractivity contribution < 1.29 is 4.74 Å². The van der Waals surface area contributed by atoms with Gasteiger partial charge in [0.05, 0.1) is 12.6 Å².